The average molecular weight is 331 g/mol. The molecule has 0 aliphatic carbocycles. The molecule has 10 heteroatoms. The van der Waals surface area contributed by atoms with Crippen LogP contribution in [0.2, 0.25) is 0 Å². The summed E-state index contributed by atoms with van der Waals surface area (Å²) < 4.78 is 0. The largest absolute Gasteiger partial charge is 0.478 e. The van der Waals surface area contributed by atoms with Crippen LogP contribution in [0.25, 0.3) is 0 Å². The first kappa shape index (κ1) is 16.5. The van der Waals surface area contributed by atoms with Crippen molar-refractivity contribution in [1.29, 1.82) is 0 Å². The van der Waals surface area contributed by atoms with E-state index in [9.17, 15) is 29.8 Å². The summed E-state index contributed by atoms with van der Waals surface area (Å²) in [5.74, 6) is -1.85. The Morgan fingerprint density at radius 2 is 1.42 bits per heavy atom. The quantitative estimate of drug-likeness (QED) is 0.630. The van der Waals surface area contributed by atoms with E-state index < -0.39 is 33.1 Å². The maximum atomic E-state index is 12.1. The lowest BCUT2D eigenvalue weighted by Crippen LogP contribution is -2.12. The minimum Gasteiger partial charge on any atom is -0.478 e. The second-order valence-corrected chi connectivity index (χ2v) is 4.55. The highest BCUT2D eigenvalue weighted by Crippen LogP contribution is 2.27. The number of nitro benzene ring substituents is 2. The lowest BCUT2D eigenvalue weighted by atomic mass is 10.1. The Bertz CT molecular complexity index is 846. The third-order valence-corrected chi connectivity index (χ3v) is 3.02. The first-order chi connectivity index (χ1) is 11.3. The summed E-state index contributed by atoms with van der Waals surface area (Å²) in [5.41, 5.74) is -1.36. The van der Waals surface area contributed by atoms with Crippen LogP contribution >= 0.6 is 0 Å². The van der Waals surface area contributed by atoms with Gasteiger partial charge in [0.15, 0.2) is 0 Å². The van der Waals surface area contributed by atoms with Gasteiger partial charge >= 0.3 is 17.3 Å². The fourth-order valence-electron chi connectivity index (χ4n) is 1.86. The average Bonchev–Trinajstić information content (AvgIpc) is 2.54. The first-order valence-corrected chi connectivity index (χ1v) is 6.37. The Balaban J connectivity index is 2.26. The van der Waals surface area contributed by atoms with Crippen LogP contribution in [0.4, 0.5) is 17.1 Å². The molecule has 0 unspecified atom stereocenters. The molecule has 0 saturated carbocycles. The molecule has 24 heavy (non-hydrogen) atoms. The molecular formula is C14H9N3O7. The van der Waals surface area contributed by atoms with Crippen LogP contribution in [0.1, 0.15) is 20.7 Å². The predicted octanol–water partition coefficient (Wildman–Crippen LogP) is 2.45. The van der Waals surface area contributed by atoms with Gasteiger partial charge in [-0.05, 0) is 30.3 Å². The molecule has 1 amide bonds. The fraction of sp³-hybridized carbons (Fsp3) is 0. The summed E-state index contributed by atoms with van der Waals surface area (Å²) in [6, 6.07) is 8.01. The van der Waals surface area contributed by atoms with Crippen molar-refractivity contribution in [2.75, 3.05) is 5.32 Å². The van der Waals surface area contributed by atoms with Crippen molar-refractivity contribution in [2.24, 2.45) is 0 Å². The molecule has 0 atom stereocenters. The molecular weight excluding hydrogens is 322 g/mol. The van der Waals surface area contributed by atoms with E-state index in [4.69, 9.17) is 5.11 Å². The molecule has 0 aliphatic heterocycles. The van der Waals surface area contributed by atoms with E-state index in [1.165, 1.54) is 24.3 Å². The van der Waals surface area contributed by atoms with Crippen molar-refractivity contribution >= 4 is 28.9 Å². The number of nitro groups is 2. The number of nitrogens with zero attached hydrogens (tertiary/aromatic N) is 2. The van der Waals surface area contributed by atoms with Crippen molar-refractivity contribution < 1.29 is 24.5 Å². The van der Waals surface area contributed by atoms with E-state index in [0.717, 1.165) is 18.2 Å². The van der Waals surface area contributed by atoms with E-state index in [1.807, 2.05) is 0 Å². The van der Waals surface area contributed by atoms with Gasteiger partial charge in [-0.1, -0.05) is 0 Å². The van der Waals surface area contributed by atoms with Crippen molar-refractivity contribution in [3.63, 3.8) is 0 Å². The number of hydrogen-bond donors (Lipinski definition) is 2. The van der Waals surface area contributed by atoms with Crippen molar-refractivity contribution in [3.8, 4) is 0 Å². The zero-order valence-corrected chi connectivity index (χ0v) is 11.8. The molecule has 2 N–H and O–H groups in total. The van der Waals surface area contributed by atoms with Crippen LogP contribution in [0.3, 0.4) is 0 Å². The number of anilines is 1. The smallest absolute Gasteiger partial charge is 0.346 e. The predicted molar refractivity (Wildman–Crippen MR) is 81.1 cm³/mol. The Morgan fingerprint density at radius 1 is 0.875 bits per heavy atom. The van der Waals surface area contributed by atoms with Crippen LogP contribution in [-0.2, 0) is 0 Å². The minimum absolute atomic E-state index is 0.0268. The Hall–Kier alpha value is -3.82. The highest BCUT2D eigenvalue weighted by molar-refractivity contribution is 6.05. The van der Waals surface area contributed by atoms with Gasteiger partial charge in [0.2, 0.25) is 0 Å². The molecule has 0 aliphatic rings. The molecule has 0 spiro atoms. The van der Waals surface area contributed by atoms with Crippen LogP contribution in [-0.4, -0.2) is 26.8 Å². The summed E-state index contributed by atoms with van der Waals surface area (Å²) in [6.07, 6.45) is 0. The third kappa shape index (κ3) is 3.50. The molecule has 2 aromatic carbocycles. The molecule has 0 radical (unpaired) electrons. The number of hydrogen-bond acceptors (Lipinski definition) is 6. The number of carbonyl (C=O) groups excluding carboxylic acids is 1. The second-order valence-electron chi connectivity index (χ2n) is 4.55. The van der Waals surface area contributed by atoms with Crippen LogP contribution in [0.15, 0.2) is 42.5 Å². The molecule has 0 saturated heterocycles. The topological polar surface area (TPSA) is 153 Å². The zero-order valence-electron chi connectivity index (χ0n) is 11.8. The lowest BCUT2D eigenvalue weighted by Gasteiger charge is -2.05. The van der Waals surface area contributed by atoms with Gasteiger partial charge in [0.1, 0.15) is 0 Å². The molecule has 2 rings (SSSR count). The summed E-state index contributed by atoms with van der Waals surface area (Å²) >= 11 is 0. The molecule has 10 nitrogen and oxygen atoms in total. The molecule has 0 aromatic heterocycles. The monoisotopic (exact) mass is 331 g/mol. The first-order valence-electron chi connectivity index (χ1n) is 6.37. The van der Waals surface area contributed by atoms with E-state index in [2.05, 4.69) is 5.32 Å². The maximum absolute atomic E-state index is 12.1. The van der Waals surface area contributed by atoms with Gasteiger partial charge in [0, 0.05) is 23.4 Å². The number of carboxylic acids is 1. The Kier molecular flexibility index (Phi) is 4.50. The maximum Gasteiger partial charge on any atom is 0.346 e. The Labute approximate surface area is 133 Å². The minimum atomic E-state index is -1.13. The highest BCUT2D eigenvalue weighted by atomic mass is 16.6. The van der Waals surface area contributed by atoms with E-state index in [-0.39, 0.29) is 16.8 Å². The van der Waals surface area contributed by atoms with Crippen LogP contribution in [0.5, 0.6) is 0 Å². The standard InChI is InChI=1S/C14H9N3O7/c18-13(15-10-4-1-8(2-5-10)14(19)20)9-3-6-11(16(21)22)12(7-9)17(23)24/h1-7H,(H,15,18)(H,19,20). The summed E-state index contributed by atoms with van der Waals surface area (Å²) in [4.78, 5) is 42.6. The number of rotatable bonds is 5. The molecule has 0 bridgehead atoms. The second kappa shape index (κ2) is 6.52. The number of amides is 1. The molecule has 122 valence electrons. The van der Waals surface area contributed by atoms with Crippen molar-refractivity contribution in [1.82, 2.24) is 0 Å². The number of carbonyl (C=O) groups is 2. The van der Waals surface area contributed by atoms with Gasteiger partial charge in [-0.2, -0.15) is 0 Å². The van der Waals surface area contributed by atoms with Gasteiger partial charge in [-0.3, -0.25) is 25.0 Å². The summed E-state index contributed by atoms with van der Waals surface area (Å²) in [5, 5.41) is 32.8. The fourth-order valence-corrected chi connectivity index (χ4v) is 1.86. The van der Waals surface area contributed by atoms with Crippen molar-refractivity contribution in [2.45, 2.75) is 0 Å². The van der Waals surface area contributed by atoms with Gasteiger partial charge in [0.25, 0.3) is 5.91 Å². The third-order valence-electron chi connectivity index (χ3n) is 3.02. The SMILES string of the molecule is O=C(O)c1ccc(NC(=O)c2ccc([N+](=O)[O-])c([N+](=O)[O-])c2)cc1. The van der Waals surface area contributed by atoms with Gasteiger partial charge in [-0.15, -0.1) is 0 Å². The molecule has 0 fully saturated rings. The number of aromatic carboxylic acids is 1. The van der Waals surface area contributed by atoms with Gasteiger partial charge < -0.3 is 10.4 Å². The zero-order chi connectivity index (χ0) is 17.9. The van der Waals surface area contributed by atoms with Gasteiger partial charge in [0.05, 0.1) is 15.4 Å². The van der Waals surface area contributed by atoms with Crippen molar-refractivity contribution in [3.05, 3.63) is 73.8 Å². The summed E-state index contributed by atoms with van der Waals surface area (Å²) in [7, 11) is 0. The van der Waals surface area contributed by atoms with Gasteiger partial charge in [-0.25, -0.2) is 4.79 Å². The summed E-state index contributed by atoms with van der Waals surface area (Å²) in [6.45, 7) is 0. The number of carboxylic acid groups (broad SMARTS) is 1. The lowest BCUT2D eigenvalue weighted by molar-refractivity contribution is -0.422. The Morgan fingerprint density at radius 3 is 1.92 bits per heavy atom. The van der Waals surface area contributed by atoms with E-state index in [0.29, 0.717) is 0 Å². The number of nitrogens with one attached hydrogen (secondary N) is 1. The van der Waals surface area contributed by atoms with Crippen LogP contribution < -0.4 is 5.32 Å². The van der Waals surface area contributed by atoms with Crippen LogP contribution in [0, 0.1) is 20.2 Å². The normalized spacial score (nSPS) is 10.0. The van der Waals surface area contributed by atoms with E-state index in [1.54, 1.807) is 0 Å². The number of benzene rings is 2. The molecule has 2 aromatic rings. The van der Waals surface area contributed by atoms with E-state index >= 15 is 0 Å². The molecule has 0 heterocycles. The highest BCUT2D eigenvalue weighted by Gasteiger charge is 2.25.